The first-order valence-electron chi connectivity index (χ1n) is 4.78. The van der Waals surface area contributed by atoms with Crippen LogP contribution in [0.5, 0.6) is 0 Å². The van der Waals surface area contributed by atoms with Crippen LogP contribution in [-0.4, -0.2) is 20.5 Å². The van der Waals surface area contributed by atoms with Crippen molar-refractivity contribution in [1.82, 2.24) is 0 Å². The number of aryl methyl sites for hydroxylation is 1. The third kappa shape index (κ3) is 3.52. The molecule has 0 aliphatic carbocycles. The maximum Gasteiger partial charge on any atom is 0.347 e. The Labute approximate surface area is 97.8 Å². The molecule has 0 fully saturated rings. The van der Waals surface area contributed by atoms with Crippen molar-refractivity contribution < 1.29 is 19.3 Å². The quantitative estimate of drug-likeness (QED) is 0.432. The number of rotatable bonds is 4. The van der Waals surface area contributed by atoms with E-state index in [2.05, 4.69) is 5.32 Å². The lowest BCUT2D eigenvalue weighted by Crippen LogP contribution is -2.16. The Morgan fingerprint density at radius 3 is 2.53 bits per heavy atom. The van der Waals surface area contributed by atoms with Gasteiger partial charge in [0.05, 0.1) is 4.92 Å². The van der Waals surface area contributed by atoms with Crippen molar-refractivity contribution in [3.63, 3.8) is 0 Å². The summed E-state index contributed by atoms with van der Waals surface area (Å²) in [4.78, 5) is 28.0. The van der Waals surface area contributed by atoms with E-state index in [0.29, 0.717) is 5.56 Å². The van der Waals surface area contributed by atoms with Gasteiger partial charge in [0.15, 0.2) is 0 Å². The predicted molar refractivity (Wildman–Crippen MR) is 63.0 cm³/mol. The SMILES string of the molecule is Cc1ccc(NC(C)P(=O)(O)O)c([N+](=O)[O-])c1. The number of hydrogen-bond acceptors (Lipinski definition) is 4. The molecule has 0 aromatic heterocycles. The number of anilines is 1. The van der Waals surface area contributed by atoms with Crippen LogP contribution in [0.15, 0.2) is 18.2 Å². The van der Waals surface area contributed by atoms with Gasteiger partial charge in [0.2, 0.25) is 0 Å². The van der Waals surface area contributed by atoms with Gasteiger partial charge in [0.1, 0.15) is 11.5 Å². The van der Waals surface area contributed by atoms with Crippen LogP contribution >= 0.6 is 7.60 Å². The molecule has 0 aliphatic rings. The number of nitro groups is 1. The van der Waals surface area contributed by atoms with Gasteiger partial charge in [0.25, 0.3) is 5.69 Å². The van der Waals surface area contributed by atoms with Crippen LogP contribution in [0.1, 0.15) is 12.5 Å². The van der Waals surface area contributed by atoms with Gasteiger partial charge in [-0.3, -0.25) is 14.7 Å². The average molecular weight is 260 g/mol. The smallest absolute Gasteiger partial charge is 0.347 e. The van der Waals surface area contributed by atoms with Crippen LogP contribution in [0.3, 0.4) is 0 Å². The molecule has 0 saturated heterocycles. The summed E-state index contributed by atoms with van der Waals surface area (Å²) < 4.78 is 10.9. The molecule has 1 unspecified atom stereocenters. The molecular weight excluding hydrogens is 247 g/mol. The monoisotopic (exact) mass is 260 g/mol. The molecule has 1 aromatic rings. The lowest BCUT2D eigenvalue weighted by molar-refractivity contribution is -0.384. The molecule has 1 atom stereocenters. The van der Waals surface area contributed by atoms with Crippen molar-refractivity contribution in [1.29, 1.82) is 0 Å². The molecule has 0 spiro atoms. The lowest BCUT2D eigenvalue weighted by atomic mass is 10.2. The van der Waals surface area contributed by atoms with E-state index in [9.17, 15) is 14.7 Å². The largest absolute Gasteiger partial charge is 0.366 e. The standard InChI is InChI=1S/C9H13N2O5P/c1-6-3-4-8(9(5-6)11(12)13)10-7(2)17(14,15)16/h3-5,7,10H,1-2H3,(H2,14,15,16). The zero-order valence-corrected chi connectivity index (χ0v) is 10.2. The normalized spacial score (nSPS) is 13.2. The molecule has 0 amide bonds. The van der Waals surface area contributed by atoms with Gasteiger partial charge < -0.3 is 15.1 Å². The van der Waals surface area contributed by atoms with E-state index in [1.807, 2.05) is 0 Å². The molecule has 17 heavy (non-hydrogen) atoms. The first kappa shape index (κ1) is 13.6. The Bertz CT molecular complexity index is 484. The van der Waals surface area contributed by atoms with Crippen molar-refractivity contribution in [2.24, 2.45) is 0 Å². The third-order valence-electron chi connectivity index (χ3n) is 2.22. The molecule has 0 saturated carbocycles. The van der Waals surface area contributed by atoms with Crippen molar-refractivity contribution in [3.05, 3.63) is 33.9 Å². The van der Waals surface area contributed by atoms with Gasteiger partial charge in [-0.25, -0.2) is 0 Å². The second-order valence-corrected chi connectivity index (χ2v) is 5.64. The minimum Gasteiger partial charge on any atom is -0.366 e. The highest BCUT2D eigenvalue weighted by Gasteiger charge is 2.26. The summed E-state index contributed by atoms with van der Waals surface area (Å²) in [7, 11) is -4.32. The van der Waals surface area contributed by atoms with Crippen molar-refractivity contribution >= 4 is 19.0 Å². The first-order valence-corrected chi connectivity index (χ1v) is 6.47. The number of nitro benzene ring substituents is 1. The highest BCUT2D eigenvalue weighted by molar-refractivity contribution is 7.52. The molecule has 94 valence electrons. The van der Waals surface area contributed by atoms with Crippen LogP contribution in [0.2, 0.25) is 0 Å². The van der Waals surface area contributed by atoms with Crippen molar-refractivity contribution in [2.75, 3.05) is 5.32 Å². The van der Waals surface area contributed by atoms with E-state index in [-0.39, 0.29) is 11.4 Å². The Morgan fingerprint density at radius 1 is 1.47 bits per heavy atom. The molecule has 0 bridgehead atoms. The molecule has 0 heterocycles. The highest BCUT2D eigenvalue weighted by Crippen LogP contribution is 2.42. The van der Waals surface area contributed by atoms with E-state index in [4.69, 9.17) is 9.79 Å². The van der Waals surface area contributed by atoms with E-state index >= 15 is 0 Å². The lowest BCUT2D eigenvalue weighted by Gasteiger charge is -2.16. The highest BCUT2D eigenvalue weighted by atomic mass is 31.2. The fraction of sp³-hybridized carbons (Fsp3) is 0.333. The number of benzene rings is 1. The van der Waals surface area contributed by atoms with E-state index in [1.54, 1.807) is 13.0 Å². The van der Waals surface area contributed by atoms with Gasteiger partial charge in [-0.2, -0.15) is 0 Å². The average Bonchev–Trinajstić information content (AvgIpc) is 2.18. The molecule has 0 aliphatic heterocycles. The summed E-state index contributed by atoms with van der Waals surface area (Å²) in [6.07, 6.45) is 0. The zero-order valence-electron chi connectivity index (χ0n) is 9.32. The summed E-state index contributed by atoms with van der Waals surface area (Å²) in [6.45, 7) is 2.97. The maximum absolute atomic E-state index is 10.9. The van der Waals surface area contributed by atoms with Crippen LogP contribution in [0.25, 0.3) is 0 Å². The topological polar surface area (TPSA) is 113 Å². The van der Waals surface area contributed by atoms with E-state index in [1.165, 1.54) is 19.1 Å². The Kier molecular flexibility index (Phi) is 3.87. The Morgan fingerprint density at radius 2 is 2.06 bits per heavy atom. The number of nitrogens with zero attached hydrogens (tertiary/aromatic N) is 1. The predicted octanol–water partition coefficient (Wildman–Crippen LogP) is 1.84. The van der Waals surface area contributed by atoms with Crippen LogP contribution in [0, 0.1) is 17.0 Å². The summed E-state index contributed by atoms with van der Waals surface area (Å²) in [5.74, 6) is -1.18. The van der Waals surface area contributed by atoms with Crippen LogP contribution in [0.4, 0.5) is 11.4 Å². The molecule has 1 aromatic carbocycles. The Hall–Kier alpha value is -1.43. The molecule has 7 nitrogen and oxygen atoms in total. The molecule has 1 rings (SSSR count). The summed E-state index contributed by atoms with van der Waals surface area (Å²) in [6, 6.07) is 4.40. The minimum absolute atomic E-state index is 0.0939. The number of nitrogens with one attached hydrogen (secondary N) is 1. The minimum atomic E-state index is -4.32. The van der Waals surface area contributed by atoms with Gasteiger partial charge >= 0.3 is 7.60 Å². The van der Waals surface area contributed by atoms with Gasteiger partial charge in [-0.05, 0) is 25.5 Å². The first-order chi connectivity index (χ1) is 7.71. The number of hydrogen-bond donors (Lipinski definition) is 3. The third-order valence-corrected chi connectivity index (χ3v) is 3.36. The fourth-order valence-electron chi connectivity index (χ4n) is 1.22. The second-order valence-electron chi connectivity index (χ2n) is 3.69. The van der Waals surface area contributed by atoms with E-state index < -0.39 is 18.3 Å². The molecule has 8 heteroatoms. The maximum atomic E-state index is 10.9. The Balaban J connectivity index is 3.07. The summed E-state index contributed by atoms with van der Waals surface area (Å²) in [5.41, 5.74) is 0.591. The zero-order chi connectivity index (χ0) is 13.2. The van der Waals surface area contributed by atoms with Crippen LogP contribution in [-0.2, 0) is 4.57 Å². The summed E-state index contributed by atoms with van der Waals surface area (Å²) in [5, 5.41) is 13.2. The molecular formula is C9H13N2O5P. The molecule has 3 N–H and O–H groups in total. The van der Waals surface area contributed by atoms with E-state index in [0.717, 1.165) is 0 Å². The van der Waals surface area contributed by atoms with Crippen molar-refractivity contribution in [2.45, 2.75) is 19.6 Å². The van der Waals surface area contributed by atoms with Crippen molar-refractivity contribution in [3.8, 4) is 0 Å². The fourth-order valence-corrected chi connectivity index (χ4v) is 1.53. The van der Waals surface area contributed by atoms with Gasteiger partial charge in [-0.1, -0.05) is 6.07 Å². The van der Waals surface area contributed by atoms with Gasteiger partial charge in [0, 0.05) is 6.07 Å². The van der Waals surface area contributed by atoms with Crippen LogP contribution < -0.4 is 5.32 Å². The van der Waals surface area contributed by atoms with Gasteiger partial charge in [-0.15, -0.1) is 0 Å². The second kappa shape index (κ2) is 4.83. The molecule has 0 radical (unpaired) electrons. The summed E-state index contributed by atoms with van der Waals surface area (Å²) >= 11 is 0.